The summed E-state index contributed by atoms with van der Waals surface area (Å²) < 4.78 is 5.28. The van der Waals surface area contributed by atoms with Crippen LogP contribution < -0.4 is 5.32 Å². The molecule has 0 aromatic carbocycles. The zero-order valence-electron chi connectivity index (χ0n) is 15.0. The van der Waals surface area contributed by atoms with Crippen LogP contribution >= 0.6 is 0 Å². The van der Waals surface area contributed by atoms with Crippen molar-refractivity contribution in [3.05, 3.63) is 11.7 Å². The molecule has 24 heavy (non-hydrogen) atoms. The number of nitrogens with zero attached hydrogens (tertiary/aromatic N) is 2. The Morgan fingerprint density at radius 1 is 1.21 bits per heavy atom. The summed E-state index contributed by atoms with van der Waals surface area (Å²) in [5.74, 6) is 4.88. The second kappa shape index (κ2) is 5.85. The van der Waals surface area contributed by atoms with Gasteiger partial charge in [-0.2, -0.15) is 4.98 Å². The van der Waals surface area contributed by atoms with E-state index in [1.54, 1.807) is 0 Å². The Morgan fingerprint density at radius 3 is 2.75 bits per heavy atom. The first-order valence-corrected chi connectivity index (χ1v) is 9.54. The van der Waals surface area contributed by atoms with Crippen molar-refractivity contribution in [2.45, 2.75) is 77.2 Å². The summed E-state index contributed by atoms with van der Waals surface area (Å²) in [6.45, 7) is 6.17. The molecule has 0 spiro atoms. The van der Waals surface area contributed by atoms with Crippen molar-refractivity contribution in [2.24, 2.45) is 23.7 Å². The average molecular weight is 331 g/mol. The van der Waals surface area contributed by atoms with Crippen LogP contribution in [0.1, 0.15) is 71.0 Å². The molecule has 3 aliphatic carbocycles. The number of aryl methyl sites for hydroxylation is 1. The lowest BCUT2D eigenvalue weighted by Crippen LogP contribution is -2.42. The summed E-state index contributed by atoms with van der Waals surface area (Å²) in [6, 6.07) is 0.412. The number of amides is 1. The third-order valence-electron chi connectivity index (χ3n) is 6.48. The van der Waals surface area contributed by atoms with Crippen LogP contribution in [0.25, 0.3) is 0 Å². The lowest BCUT2D eigenvalue weighted by Gasteiger charge is -2.32. The summed E-state index contributed by atoms with van der Waals surface area (Å²) in [7, 11) is 0. The molecule has 2 bridgehead atoms. The van der Waals surface area contributed by atoms with E-state index in [1.165, 1.54) is 32.1 Å². The van der Waals surface area contributed by atoms with Gasteiger partial charge in [-0.3, -0.25) is 4.79 Å². The third-order valence-corrected chi connectivity index (χ3v) is 6.48. The van der Waals surface area contributed by atoms with E-state index in [1.807, 2.05) is 0 Å². The average Bonchev–Trinajstić information content (AvgIpc) is 3.25. The van der Waals surface area contributed by atoms with Crippen molar-refractivity contribution in [1.29, 1.82) is 0 Å². The van der Waals surface area contributed by atoms with E-state index in [-0.39, 0.29) is 11.3 Å². The molecule has 3 saturated carbocycles. The molecule has 132 valence electrons. The Balaban J connectivity index is 1.28. The Morgan fingerprint density at radius 2 is 2.00 bits per heavy atom. The zero-order chi connectivity index (χ0) is 16.9. The SMILES string of the molecule is CC(C)(C)c1noc(CCC(=O)N[C@@H]2C[C@H]3C[C@H]2[C@H]2CCC[C@@H]32)n1. The number of carbonyl (C=O) groups excluding carboxylic acids is 1. The molecule has 5 atom stereocenters. The highest BCUT2D eigenvalue weighted by molar-refractivity contribution is 5.76. The normalized spacial score (nSPS) is 34.5. The van der Waals surface area contributed by atoms with Crippen LogP contribution in [-0.2, 0) is 16.6 Å². The molecule has 1 heterocycles. The minimum atomic E-state index is -0.120. The van der Waals surface area contributed by atoms with Crippen molar-refractivity contribution in [3.63, 3.8) is 0 Å². The summed E-state index contributed by atoms with van der Waals surface area (Å²) in [5, 5.41) is 7.32. The highest BCUT2D eigenvalue weighted by Gasteiger charge is 2.53. The number of hydrogen-bond donors (Lipinski definition) is 1. The standard InChI is InChI=1S/C19H29N3O2/c1-19(2,3)18-21-17(24-22-18)8-7-16(23)20-15-10-11-9-14(15)13-6-4-5-12(11)13/h11-15H,4-10H2,1-3H3,(H,20,23)/t11-,12+,13+,14+,15-/m1/s1. The number of fused-ring (bicyclic) bond motifs is 5. The second-order valence-electron chi connectivity index (χ2n) is 9.09. The van der Waals surface area contributed by atoms with E-state index in [4.69, 9.17) is 4.52 Å². The van der Waals surface area contributed by atoms with Gasteiger partial charge >= 0.3 is 0 Å². The molecule has 5 nitrogen and oxygen atoms in total. The van der Waals surface area contributed by atoms with Gasteiger partial charge in [-0.05, 0) is 49.4 Å². The molecule has 5 heteroatoms. The number of hydrogen-bond acceptors (Lipinski definition) is 4. The first kappa shape index (κ1) is 16.1. The lowest BCUT2D eigenvalue weighted by molar-refractivity contribution is -0.122. The van der Waals surface area contributed by atoms with Gasteiger partial charge in [-0.1, -0.05) is 32.3 Å². The van der Waals surface area contributed by atoms with Crippen molar-refractivity contribution >= 4 is 5.91 Å². The van der Waals surface area contributed by atoms with Crippen molar-refractivity contribution in [2.75, 3.05) is 0 Å². The number of carbonyl (C=O) groups is 1. The molecular weight excluding hydrogens is 302 g/mol. The lowest BCUT2D eigenvalue weighted by atomic mass is 9.79. The first-order valence-electron chi connectivity index (χ1n) is 9.54. The van der Waals surface area contributed by atoms with Gasteiger partial charge in [0.05, 0.1) is 0 Å². The van der Waals surface area contributed by atoms with Crippen molar-refractivity contribution < 1.29 is 9.32 Å². The van der Waals surface area contributed by atoms with Crippen LogP contribution in [0.5, 0.6) is 0 Å². The van der Waals surface area contributed by atoms with Gasteiger partial charge in [-0.15, -0.1) is 0 Å². The molecule has 3 aliphatic rings. The van der Waals surface area contributed by atoms with Gasteiger partial charge in [0, 0.05) is 24.3 Å². The predicted octanol–water partition coefficient (Wildman–Crippen LogP) is 3.24. The van der Waals surface area contributed by atoms with E-state index in [0.29, 0.717) is 30.6 Å². The van der Waals surface area contributed by atoms with Gasteiger partial charge in [0.15, 0.2) is 5.82 Å². The van der Waals surface area contributed by atoms with E-state index in [2.05, 4.69) is 36.2 Å². The topological polar surface area (TPSA) is 68.0 Å². The molecule has 1 N–H and O–H groups in total. The molecule has 4 rings (SSSR count). The maximum Gasteiger partial charge on any atom is 0.227 e. The molecule has 1 aromatic heterocycles. The zero-order valence-corrected chi connectivity index (χ0v) is 15.0. The summed E-state index contributed by atoms with van der Waals surface area (Å²) in [4.78, 5) is 16.8. The molecular formula is C19H29N3O2. The van der Waals surface area contributed by atoms with Crippen molar-refractivity contribution in [1.82, 2.24) is 15.5 Å². The maximum absolute atomic E-state index is 12.3. The minimum Gasteiger partial charge on any atom is -0.353 e. The smallest absolute Gasteiger partial charge is 0.227 e. The van der Waals surface area contributed by atoms with E-state index >= 15 is 0 Å². The first-order chi connectivity index (χ1) is 11.4. The fraction of sp³-hybridized carbons (Fsp3) is 0.842. The van der Waals surface area contributed by atoms with Crippen LogP contribution in [0.2, 0.25) is 0 Å². The van der Waals surface area contributed by atoms with Crippen LogP contribution in [0.4, 0.5) is 0 Å². The van der Waals surface area contributed by atoms with Crippen LogP contribution in [0.15, 0.2) is 4.52 Å². The molecule has 1 amide bonds. The van der Waals surface area contributed by atoms with Gasteiger partial charge < -0.3 is 9.84 Å². The van der Waals surface area contributed by atoms with Crippen LogP contribution in [-0.4, -0.2) is 22.1 Å². The van der Waals surface area contributed by atoms with Gasteiger partial charge in [0.2, 0.25) is 11.8 Å². The molecule has 0 aliphatic heterocycles. The van der Waals surface area contributed by atoms with Crippen LogP contribution in [0, 0.1) is 23.7 Å². The fourth-order valence-electron chi connectivity index (χ4n) is 5.39. The Hall–Kier alpha value is -1.39. The van der Waals surface area contributed by atoms with Crippen LogP contribution in [0.3, 0.4) is 0 Å². The van der Waals surface area contributed by atoms with E-state index in [9.17, 15) is 4.79 Å². The minimum absolute atomic E-state index is 0.120. The quantitative estimate of drug-likeness (QED) is 0.919. The molecule has 0 radical (unpaired) electrons. The second-order valence-corrected chi connectivity index (χ2v) is 9.09. The highest BCUT2D eigenvalue weighted by atomic mass is 16.5. The highest BCUT2D eigenvalue weighted by Crippen LogP contribution is 2.58. The molecule has 3 fully saturated rings. The molecule has 0 saturated heterocycles. The summed E-state index contributed by atoms with van der Waals surface area (Å²) in [5.41, 5.74) is -0.120. The predicted molar refractivity (Wildman–Crippen MR) is 90.3 cm³/mol. The number of rotatable bonds is 4. The summed E-state index contributed by atoms with van der Waals surface area (Å²) >= 11 is 0. The fourth-order valence-corrected chi connectivity index (χ4v) is 5.39. The van der Waals surface area contributed by atoms with Gasteiger partial charge in [0.1, 0.15) is 0 Å². The Bertz CT molecular complexity index is 618. The largest absolute Gasteiger partial charge is 0.353 e. The third kappa shape index (κ3) is 2.86. The maximum atomic E-state index is 12.3. The monoisotopic (exact) mass is 331 g/mol. The Kier molecular flexibility index (Phi) is 3.92. The van der Waals surface area contributed by atoms with Gasteiger partial charge in [-0.25, -0.2) is 0 Å². The molecule has 1 aromatic rings. The summed E-state index contributed by atoms with van der Waals surface area (Å²) in [6.07, 6.45) is 7.73. The number of aromatic nitrogens is 2. The number of nitrogens with one attached hydrogen (secondary N) is 1. The van der Waals surface area contributed by atoms with E-state index in [0.717, 1.165) is 23.7 Å². The van der Waals surface area contributed by atoms with Gasteiger partial charge in [0.25, 0.3) is 0 Å². The molecule has 0 unspecified atom stereocenters. The van der Waals surface area contributed by atoms with E-state index < -0.39 is 0 Å². The Labute approximate surface area is 144 Å². The van der Waals surface area contributed by atoms with Crippen molar-refractivity contribution in [3.8, 4) is 0 Å².